The number of aryl methyl sites for hydroxylation is 1. The normalized spacial score (nSPS) is 16.6. The number of carboxylic acid groups (broad SMARTS) is 1. The molecule has 33 heavy (non-hydrogen) atoms. The summed E-state index contributed by atoms with van der Waals surface area (Å²) < 4.78 is 5.80. The van der Waals surface area contributed by atoms with Crippen molar-refractivity contribution in [2.24, 2.45) is 10.1 Å². The summed E-state index contributed by atoms with van der Waals surface area (Å²) in [5.74, 6) is -0.747. The lowest BCUT2D eigenvalue weighted by molar-refractivity contribution is -0.114. The van der Waals surface area contributed by atoms with Crippen LogP contribution in [0.2, 0.25) is 0 Å². The van der Waals surface area contributed by atoms with Crippen LogP contribution < -0.4 is 0 Å². The Morgan fingerprint density at radius 2 is 1.76 bits per heavy atom. The molecule has 2 aliphatic rings. The Morgan fingerprint density at radius 3 is 2.45 bits per heavy atom. The first-order valence-electron chi connectivity index (χ1n) is 9.90. The fourth-order valence-electron chi connectivity index (χ4n) is 3.31. The van der Waals surface area contributed by atoms with E-state index in [1.807, 2.05) is 31.2 Å². The molecule has 162 valence electrons. The number of nitrogens with one attached hydrogen (secondary N) is 1. The molecule has 3 aromatic rings. The van der Waals surface area contributed by atoms with Crippen LogP contribution in [0, 0.1) is 12.3 Å². The molecule has 0 fully saturated rings. The molecular formula is C24H16N4O4S. The fourth-order valence-corrected chi connectivity index (χ4v) is 4.21. The van der Waals surface area contributed by atoms with E-state index in [9.17, 15) is 9.59 Å². The number of benzene rings is 2. The average molecular weight is 456 g/mol. The van der Waals surface area contributed by atoms with Gasteiger partial charge in [-0.3, -0.25) is 10.2 Å². The number of amides is 1. The second-order valence-electron chi connectivity index (χ2n) is 7.38. The van der Waals surface area contributed by atoms with E-state index in [2.05, 4.69) is 10.1 Å². The summed E-state index contributed by atoms with van der Waals surface area (Å²) in [6.45, 7) is 2.00. The Balaban J connectivity index is 1.41. The van der Waals surface area contributed by atoms with Crippen LogP contribution in [0.3, 0.4) is 0 Å². The van der Waals surface area contributed by atoms with Crippen LogP contribution in [-0.4, -0.2) is 38.0 Å². The first-order valence-corrected chi connectivity index (χ1v) is 10.7. The largest absolute Gasteiger partial charge is 0.478 e. The molecule has 0 saturated carbocycles. The molecule has 2 aromatic carbocycles. The number of carbonyl (C=O) groups excluding carboxylic acids is 1. The molecule has 2 N–H and O–H groups in total. The van der Waals surface area contributed by atoms with Crippen molar-refractivity contribution in [3.05, 3.63) is 88.7 Å². The van der Waals surface area contributed by atoms with E-state index in [1.165, 1.54) is 35.0 Å². The first-order chi connectivity index (χ1) is 15.9. The molecule has 5 rings (SSSR count). The zero-order chi connectivity index (χ0) is 23.1. The number of aliphatic imine (C=N–C) groups is 1. The minimum atomic E-state index is -1.01. The van der Waals surface area contributed by atoms with Crippen LogP contribution in [-0.2, 0) is 4.79 Å². The molecule has 0 atom stereocenters. The van der Waals surface area contributed by atoms with Crippen molar-refractivity contribution in [3.63, 3.8) is 0 Å². The molecule has 0 bridgehead atoms. The number of furan rings is 1. The van der Waals surface area contributed by atoms with Crippen LogP contribution in [0.4, 0.5) is 0 Å². The number of hydrogen-bond acceptors (Lipinski definition) is 6. The third kappa shape index (κ3) is 3.90. The number of hydrogen-bond donors (Lipinski definition) is 2. The van der Waals surface area contributed by atoms with Gasteiger partial charge in [0.2, 0.25) is 5.17 Å². The van der Waals surface area contributed by atoms with Gasteiger partial charge >= 0.3 is 5.97 Å². The molecule has 0 aliphatic carbocycles. The lowest BCUT2D eigenvalue weighted by Gasteiger charge is -2.19. The zero-order valence-corrected chi connectivity index (χ0v) is 18.1. The highest BCUT2D eigenvalue weighted by Gasteiger charge is 2.36. The van der Waals surface area contributed by atoms with Crippen LogP contribution in [0.15, 0.2) is 80.7 Å². The van der Waals surface area contributed by atoms with E-state index >= 15 is 0 Å². The van der Waals surface area contributed by atoms with E-state index in [1.54, 1.807) is 24.3 Å². The third-order valence-electron chi connectivity index (χ3n) is 5.08. The van der Waals surface area contributed by atoms with Crippen molar-refractivity contribution >= 4 is 45.8 Å². The van der Waals surface area contributed by atoms with Crippen LogP contribution >= 0.6 is 11.8 Å². The van der Waals surface area contributed by atoms with Crippen molar-refractivity contribution in [1.82, 2.24) is 5.01 Å². The molecule has 0 unspecified atom stereocenters. The van der Waals surface area contributed by atoms with E-state index in [4.69, 9.17) is 14.9 Å². The molecular weight excluding hydrogens is 440 g/mol. The number of thioether (sulfide) groups is 1. The Labute approximate surface area is 192 Å². The predicted molar refractivity (Wildman–Crippen MR) is 126 cm³/mol. The molecule has 8 nitrogen and oxygen atoms in total. The minimum absolute atomic E-state index is 0.0652. The second-order valence-corrected chi connectivity index (χ2v) is 8.33. The van der Waals surface area contributed by atoms with Gasteiger partial charge < -0.3 is 9.52 Å². The standard InChI is InChI=1S/C24H16N4O4S/c1-13-2-4-15(5-3-13)22-27-28-20(25)18(21(29)26-24(28)33-22)12-17-10-11-19(32-17)14-6-8-16(9-7-14)23(30)31/h2-12,25H,1H3,(H,30,31)/b18-12-,25-20?. The van der Waals surface area contributed by atoms with Gasteiger partial charge in [-0.25, -0.2) is 4.79 Å². The van der Waals surface area contributed by atoms with E-state index < -0.39 is 11.9 Å². The highest BCUT2D eigenvalue weighted by molar-refractivity contribution is 8.27. The zero-order valence-electron chi connectivity index (χ0n) is 17.3. The molecule has 3 heterocycles. The number of aromatic carboxylic acids is 1. The fraction of sp³-hybridized carbons (Fsp3) is 0.0417. The van der Waals surface area contributed by atoms with E-state index in [-0.39, 0.29) is 17.0 Å². The molecule has 1 amide bonds. The van der Waals surface area contributed by atoms with Gasteiger partial charge in [-0.15, -0.1) is 0 Å². The molecule has 0 spiro atoms. The lowest BCUT2D eigenvalue weighted by Crippen LogP contribution is -2.35. The van der Waals surface area contributed by atoms with Gasteiger partial charge in [0.05, 0.1) is 11.1 Å². The van der Waals surface area contributed by atoms with Crippen molar-refractivity contribution < 1.29 is 19.1 Å². The summed E-state index contributed by atoms with van der Waals surface area (Å²) in [6.07, 6.45) is 1.46. The molecule has 0 radical (unpaired) electrons. The number of nitrogens with zero attached hydrogens (tertiary/aromatic N) is 3. The van der Waals surface area contributed by atoms with Gasteiger partial charge in [0, 0.05) is 11.1 Å². The number of hydrazone groups is 1. The van der Waals surface area contributed by atoms with Gasteiger partial charge in [0.1, 0.15) is 16.6 Å². The maximum Gasteiger partial charge on any atom is 0.335 e. The number of rotatable bonds is 4. The second kappa shape index (κ2) is 8.03. The molecule has 0 saturated heterocycles. The number of carbonyl (C=O) groups is 2. The summed E-state index contributed by atoms with van der Waals surface area (Å²) >= 11 is 1.25. The van der Waals surface area contributed by atoms with E-state index in [0.29, 0.717) is 27.3 Å². The van der Waals surface area contributed by atoms with Gasteiger partial charge in [0.25, 0.3) is 5.91 Å². The quantitative estimate of drug-likeness (QED) is 0.553. The monoisotopic (exact) mass is 456 g/mol. The highest BCUT2D eigenvalue weighted by atomic mass is 32.2. The van der Waals surface area contributed by atoms with Crippen LogP contribution in [0.5, 0.6) is 0 Å². The number of carboxylic acids is 1. The lowest BCUT2D eigenvalue weighted by atomic mass is 10.1. The molecule has 2 aliphatic heterocycles. The van der Waals surface area contributed by atoms with Crippen LogP contribution in [0.25, 0.3) is 17.4 Å². The third-order valence-corrected chi connectivity index (χ3v) is 6.04. The number of fused-ring (bicyclic) bond motifs is 1. The van der Waals surface area contributed by atoms with Crippen molar-refractivity contribution in [2.45, 2.75) is 6.92 Å². The molecule has 9 heteroatoms. The van der Waals surface area contributed by atoms with Crippen molar-refractivity contribution in [1.29, 1.82) is 5.41 Å². The summed E-state index contributed by atoms with van der Waals surface area (Å²) in [5.41, 5.74) is 2.95. The molecule has 1 aromatic heterocycles. The van der Waals surface area contributed by atoms with E-state index in [0.717, 1.165) is 11.1 Å². The average Bonchev–Trinajstić information content (AvgIpc) is 3.45. The predicted octanol–water partition coefficient (Wildman–Crippen LogP) is 4.62. The Hall–Kier alpha value is -4.24. The maximum atomic E-state index is 12.6. The topological polar surface area (TPSA) is 119 Å². The Kier molecular flexibility index (Phi) is 5.02. The van der Waals surface area contributed by atoms with Gasteiger partial charge in [-0.1, -0.05) is 42.0 Å². The Bertz CT molecular complexity index is 1400. The Morgan fingerprint density at radius 1 is 1.06 bits per heavy atom. The summed E-state index contributed by atoms with van der Waals surface area (Å²) in [4.78, 5) is 27.8. The van der Waals surface area contributed by atoms with Crippen molar-refractivity contribution in [2.75, 3.05) is 0 Å². The number of amidine groups is 2. The minimum Gasteiger partial charge on any atom is -0.478 e. The van der Waals surface area contributed by atoms with Crippen molar-refractivity contribution in [3.8, 4) is 11.3 Å². The van der Waals surface area contributed by atoms with Crippen LogP contribution in [0.1, 0.15) is 27.2 Å². The maximum absolute atomic E-state index is 12.6. The SMILES string of the molecule is Cc1ccc(C2=NN3C(=N)/C(=C/c4ccc(-c5ccc(C(=O)O)cc5)o4)C(=O)N=C3S2)cc1. The highest BCUT2D eigenvalue weighted by Crippen LogP contribution is 2.31. The smallest absolute Gasteiger partial charge is 0.335 e. The first kappa shape index (κ1) is 20.7. The van der Waals surface area contributed by atoms with Gasteiger partial charge in [-0.2, -0.15) is 15.1 Å². The summed E-state index contributed by atoms with van der Waals surface area (Å²) in [5, 5.41) is 24.4. The summed E-state index contributed by atoms with van der Waals surface area (Å²) in [7, 11) is 0. The van der Waals surface area contributed by atoms with Gasteiger partial charge in [0.15, 0.2) is 5.84 Å². The van der Waals surface area contributed by atoms with Gasteiger partial charge in [-0.05, 0) is 49.0 Å². The summed E-state index contributed by atoms with van der Waals surface area (Å²) in [6, 6.07) is 17.5.